The third kappa shape index (κ3) is 17.5. The maximum atomic E-state index is 11.4. The van der Waals surface area contributed by atoms with Crippen LogP contribution in [0.5, 0.6) is 0 Å². The Kier molecular flexibility index (Phi) is 17.9. The van der Waals surface area contributed by atoms with Crippen LogP contribution in [0.4, 0.5) is 0 Å². The van der Waals surface area contributed by atoms with Crippen LogP contribution in [0.25, 0.3) is 0 Å². The fourth-order valence-corrected chi connectivity index (χ4v) is 2.95. The lowest BCUT2D eigenvalue weighted by molar-refractivity contribution is -0.121. The molecule has 0 saturated heterocycles. The first-order valence-corrected chi connectivity index (χ1v) is 10.3. The predicted octanol–water partition coefficient (Wildman–Crippen LogP) is 5.52. The minimum Gasteiger partial charge on any atom is -0.393 e. The lowest BCUT2D eigenvalue weighted by atomic mass is 10.0. The normalized spacial score (nSPS) is 12.1. The Balaban J connectivity index is 3.19. The van der Waals surface area contributed by atoms with Crippen molar-refractivity contribution < 1.29 is 9.90 Å². The van der Waals surface area contributed by atoms with Gasteiger partial charge in [-0.3, -0.25) is 4.79 Å². The Hall–Kier alpha value is -0.830. The van der Waals surface area contributed by atoms with E-state index in [4.69, 9.17) is 0 Å². The molecule has 0 fully saturated rings. The van der Waals surface area contributed by atoms with Crippen molar-refractivity contribution in [1.29, 1.82) is 0 Å². The highest BCUT2D eigenvalue weighted by molar-refractivity contribution is 5.75. The predicted molar refractivity (Wildman–Crippen MR) is 104 cm³/mol. The molecule has 142 valence electrons. The lowest BCUT2D eigenvalue weighted by Gasteiger charge is -2.10. The van der Waals surface area contributed by atoms with Gasteiger partial charge in [0.25, 0.3) is 0 Å². The fourth-order valence-electron chi connectivity index (χ4n) is 2.95. The van der Waals surface area contributed by atoms with Gasteiger partial charge in [0, 0.05) is 13.0 Å². The molecule has 2 N–H and O–H groups in total. The van der Waals surface area contributed by atoms with Crippen LogP contribution in [-0.2, 0) is 4.79 Å². The summed E-state index contributed by atoms with van der Waals surface area (Å²) >= 11 is 0. The number of amides is 1. The first-order chi connectivity index (χ1) is 11.7. The molecule has 0 aromatic heterocycles. The summed E-state index contributed by atoms with van der Waals surface area (Å²) in [5.74, 6) is 0.142. The molecule has 0 aliphatic rings. The smallest absolute Gasteiger partial charge is 0.220 e. The van der Waals surface area contributed by atoms with Gasteiger partial charge in [-0.1, -0.05) is 83.6 Å². The molecule has 0 aliphatic carbocycles. The van der Waals surface area contributed by atoms with Gasteiger partial charge in [-0.05, 0) is 19.3 Å². The van der Waals surface area contributed by atoms with Gasteiger partial charge in [-0.2, -0.15) is 0 Å². The van der Waals surface area contributed by atoms with Crippen LogP contribution >= 0.6 is 0 Å². The molecule has 0 bridgehead atoms. The van der Waals surface area contributed by atoms with Crippen LogP contribution in [0.2, 0.25) is 0 Å². The van der Waals surface area contributed by atoms with Gasteiger partial charge in [0.2, 0.25) is 5.91 Å². The topological polar surface area (TPSA) is 49.3 Å². The third-order valence-corrected chi connectivity index (χ3v) is 4.53. The molecule has 0 spiro atoms. The molecule has 1 amide bonds. The van der Waals surface area contributed by atoms with E-state index in [0.29, 0.717) is 13.0 Å². The van der Waals surface area contributed by atoms with Crippen molar-refractivity contribution >= 4 is 5.91 Å². The SMILES string of the molecule is C=CCNC(=O)CCCCCCCCCCC(O)CCCCCC. The second-order valence-electron chi connectivity index (χ2n) is 6.96. The Bertz CT molecular complexity index is 292. The molecule has 24 heavy (non-hydrogen) atoms. The lowest BCUT2D eigenvalue weighted by Crippen LogP contribution is -2.22. The number of rotatable bonds is 18. The Morgan fingerprint density at radius 2 is 1.42 bits per heavy atom. The summed E-state index contributed by atoms with van der Waals surface area (Å²) in [6.45, 7) is 6.38. The van der Waals surface area contributed by atoms with Gasteiger partial charge in [0.05, 0.1) is 6.10 Å². The number of hydrogen-bond acceptors (Lipinski definition) is 2. The van der Waals surface area contributed by atoms with Gasteiger partial charge in [0.1, 0.15) is 0 Å². The standard InChI is InChI=1S/C21H41NO2/c1-3-5-6-13-16-20(23)17-14-11-9-7-8-10-12-15-18-21(24)22-19-4-2/h4,20,23H,2-3,5-19H2,1H3,(H,22,24). The average molecular weight is 340 g/mol. The average Bonchev–Trinajstić information content (AvgIpc) is 2.58. The second kappa shape index (κ2) is 18.5. The van der Waals surface area contributed by atoms with E-state index in [0.717, 1.165) is 25.7 Å². The molecular formula is C21H41NO2. The van der Waals surface area contributed by atoms with Crippen molar-refractivity contribution in [1.82, 2.24) is 5.32 Å². The zero-order valence-corrected chi connectivity index (χ0v) is 16.0. The van der Waals surface area contributed by atoms with Crippen molar-refractivity contribution in [3.63, 3.8) is 0 Å². The number of nitrogens with one attached hydrogen (secondary N) is 1. The first kappa shape index (κ1) is 23.2. The maximum Gasteiger partial charge on any atom is 0.220 e. The number of aliphatic hydroxyl groups excluding tert-OH is 1. The van der Waals surface area contributed by atoms with E-state index in [1.165, 1.54) is 64.2 Å². The van der Waals surface area contributed by atoms with Crippen molar-refractivity contribution in [2.45, 2.75) is 109 Å². The molecule has 0 saturated carbocycles. The monoisotopic (exact) mass is 339 g/mol. The van der Waals surface area contributed by atoms with Gasteiger partial charge in [-0.25, -0.2) is 0 Å². The van der Waals surface area contributed by atoms with E-state index < -0.39 is 0 Å². The zero-order chi connectivity index (χ0) is 17.9. The summed E-state index contributed by atoms with van der Waals surface area (Å²) < 4.78 is 0. The van der Waals surface area contributed by atoms with Crippen LogP contribution in [-0.4, -0.2) is 23.7 Å². The minimum atomic E-state index is -0.0749. The third-order valence-electron chi connectivity index (χ3n) is 4.53. The van der Waals surface area contributed by atoms with E-state index in [9.17, 15) is 9.90 Å². The van der Waals surface area contributed by atoms with E-state index >= 15 is 0 Å². The molecule has 0 heterocycles. The molecule has 0 rings (SSSR count). The van der Waals surface area contributed by atoms with E-state index in [2.05, 4.69) is 18.8 Å². The molecule has 0 aromatic carbocycles. The molecule has 1 unspecified atom stereocenters. The Morgan fingerprint density at radius 1 is 0.917 bits per heavy atom. The largest absolute Gasteiger partial charge is 0.393 e. The number of carbonyl (C=O) groups excluding carboxylic acids is 1. The van der Waals surface area contributed by atoms with Crippen LogP contribution in [0.15, 0.2) is 12.7 Å². The summed E-state index contributed by atoms with van der Waals surface area (Å²) in [7, 11) is 0. The molecular weight excluding hydrogens is 298 g/mol. The first-order valence-electron chi connectivity index (χ1n) is 10.3. The Morgan fingerprint density at radius 3 is 1.96 bits per heavy atom. The summed E-state index contributed by atoms with van der Waals surface area (Å²) in [5.41, 5.74) is 0. The van der Waals surface area contributed by atoms with Crippen LogP contribution in [0, 0.1) is 0 Å². The van der Waals surface area contributed by atoms with Crippen molar-refractivity contribution in [2.75, 3.05) is 6.54 Å². The van der Waals surface area contributed by atoms with Crippen molar-refractivity contribution in [3.05, 3.63) is 12.7 Å². The summed E-state index contributed by atoms with van der Waals surface area (Å²) in [6, 6.07) is 0. The molecule has 0 radical (unpaired) electrons. The number of unbranched alkanes of at least 4 members (excludes halogenated alkanes) is 10. The van der Waals surface area contributed by atoms with E-state index in [1.54, 1.807) is 6.08 Å². The van der Waals surface area contributed by atoms with Crippen LogP contribution < -0.4 is 5.32 Å². The van der Waals surface area contributed by atoms with E-state index in [-0.39, 0.29) is 12.0 Å². The van der Waals surface area contributed by atoms with Gasteiger partial charge >= 0.3 is 0 Å². The van der Waals surface area contributed by atoms with Crippen LogP contribution in [0.1, 0.15) is 103 Å². The molecule has 0 aliphatic heterocycles. The summed E-state index contributed by atoms with van der Waals surface area (Å²) in [6.07, 6.45) is 18.9. The Labute approximate surface area is 150 Å². The quantitative estimate of drug-likeness (QED) is 0.255. The van der Waals surface area contributed by atoms with Gasteiger partial charge < -0.3 is 10.4 Å². The second-order valence-corrected chi connectivity index (χ2v) is 6.96. The number of aliphatic hydroxyl groups is 1. The molecule has 3 heteroatoms. The summed E-state index contributed by atoms with van der Waals surface area (Å²) in [4.78, 5) is 11.4. The maximum absolute atomic E-state index is 11.4. The van der Waals surface area contributed by atoms with Crippen molar-refractivity contribution in [3.8, 4) is 0 Å². The molecule has 3 nitrogen and oxygen atoms in total. The number of hydrogen-bond donors (Lipinski definition) is 2. The van der Waals surface area contributed by atoms with E-state index in [1.807, 2.05) is 0 Å². The van der Waals surface area contributed by atoms with Gasteiger partial charge in [-0.15, -0.1) is 6.58 Å². The van der Waals surface area contributed by atoms with Gasteiger partial charge in [0.15, 0.2) is 0 Å². The molecule has 0 aromatic rings. The highest BCUT2D eigenvalue weighted by atomic mass is 16.3. The number of carbonyl (C=O) groups is 1. The fraction of sp³-hybridized carbons (Fsp3) is 0.857. The van der Waals surface area contributed by atoms with Crippen molar-refractivity contribution in [2.24, 2.45) is 0 Å². The summed E-state index contributed by atoms with van der Waals surface area (Å²) in [5, 5.41) is 12.7. The highest BCUT2D eigenvalue weighted by Gasteiger charge is 2.03. The molecule has 1 atom stereocenters. The minimum absolute atomic E-state index is 0.0749. The van der Waals surface area contributed by atoms with Crippen LogP contribution in [0.3, 0.4) is 0 Å². The zero-order valence-electron chi connectivity index (χ0n) is 16.0. The highest BCUT2D eigenvalue weighted by Crippen LogP contribution is 2.14.